The van der Waals surface area contributed by atoms with Gasteiger partial charge in [-0.3, -0.25) is 13.9 Å². The Kier molecular flexibility index (Phi) is 9.61. The zero-order valence-corrected chi connectivity index (χ0v) is 21.3. The van der Waals surface area contributed by atoms with Crippen LogP contribution in [0, 0.1) is 19.7 Å². The summed E-state index contributed by atoms with van der Waals surface area (Å²) in [6.45, 7) is 7.33. The van der Waals surface area contributed by atoms with Gasteiger partial charge in [-0.2, -0.15) is 0 Å². The molecule has 0 aliphatic rings. The Morgan fingerprint density at radius 3 is 2.32 bits per heavy atom. The largest absolute Gasteiger partial charge is 0.354 e. The molecule has 34 heavy (non-hydrogen) atoms. The van der Waals surface area contributed by atoms with E-state index in [9.17, 15) is 22.4 Å². The first kappa shape index (κ1) is 27.3. The Labute approximate surface area is 202 Å². The minimum absolute atomic E-state index is 0.0336. The average Bonchev–Trinajstić information content (AvgIpc) is 2.78. The van der Waals surface area contributed by atoms with Gasteiger partial charge in [-0.05, 0) is 62.1 Å². The molecule has 7 nitrogen and oxygen atoms in total. The van der Waals surface area contributed by atoms with E-state index < -0.39 is 34.3 Å². The number of sulfonamides is 1. The smallest absolute Gasteiger partial charge is 0.244 e. The third kappa shape index (κ3) is 7.28. The first-order chi connectivity index (χ1) is 16.0. The highest BCUT2D eigenvalue weighted by Gasteiger charge is 2.30. The van der Waals surface area contributed by atoms with E-state index in [4.69, 9.17) is 0 Å². The van der Waals surface area contributed by atoms with Gasteiger partial charge >= 0.3 is 0 Å². The molecule has 0 bridgehead atoms. The minimum Gasteiger partial charge on any atom is -0.354 e. The van der Waals surface area contributed by atoms with Crippen LogP contribution in [0.5, 0.6) is 0 Å². The highest BCUT2D eigenvalue weighted by atomic mass is 32.2. The monoisotopic (exact) mass is 491 g/mol. The van der Waals surface area contributed by atoms with Crippen molar-refractivity contribution in [2.75, 3.05) is 23.7 Å². The van der Waals surface area contributed by atoms with Gasteiger partial charge in [0.1, 0.15) is 18.4 Å². The third-order valence-corrected chi connectivity index (χ3v) is 6.91. The molecule has 2 amide bonds. The Morgan fingerprint density at radius 2 is 1.74 bits per heavy atom. The van der Waals surface area contributed by atoms with Gasteiger partial charge in [0.2, 0.25) is 21.8 Å². The maximum Gasteiger partial charge on any atom is 0.244 e. The molecule has 1 N–H and O–H groups in total. The van der Waals surface area contributed by atoms with E-state index in [1.165, 1.54) is 29.2 Å². The van der Waals surface area contributed by atoms with Gasteiger partial charge in [-0.1, -0.05) is 37.6 Å². The lowest BCUT2D eigenvalue weighted by Gasteiger charge is -2.32. The summed E-state index contributed by atoms with van der Waals surface area (Å²) < 4.78 is 39.8. The number of carbonyl (C=O) groups is 2. The fraction of sp³-hybridized carbons (Fsp3) is 0.440. The molecule has 1 atom stereocenters. The Hall–Kier alpha value is -2.94. The number of aryl methyl sites for hydroxylation is 1. The summed E-state index contributed by atoms with van der Waals surface area (Å²) in [4.78, 5) is 27.6. The highest BCUT2D eigenvalue weighted by molar-refractivity contribution is 7.92. The summed E-state index contributed by atoms with van der Waals surface area (Å²) >= 11 is 0. The molecule has 2 aromatic rings. The highest BCUT2D eigenvalue weighted by Crippen LogP contribution is 2.25. The molecular weight excluding hydrogens is 457 g/mol. The number of hydrogen-bond donors (Lipinski definition) is 1. The molecule has 0 aliphatic carbocycles. The standard InChI is InChI=1S/C25H34FN3O4S/c1-6-7-15-27-25(31)20(4)28(16-21-11-13-22(26)14-12-21)24(30)17-29(34(5,32)33)23-10-8-9-18(2)19(23)3/h8-14,20H,6-7,15-17H2,1-5H3,(H,27,31)/t20-/m1/s1. The van der Waals surface area contributed by atoms with E-state index in [0.29, 0.717) is 17.8 Å². The maximum atomic E-state index is 13.5. The summed E-state index contributed by atoms with van der Waals surface area (Å²) in [5, 5.41) is 2.82. The number of unbranched alkanes of at least 4 members (excludes halogenated alkanes) is 1. The molecule has 0 aliphatic heterocycles. The summed E-state index contributed by atoms with van der Waals surface area (Å²) in [6.07, 6.45) is 2.76. The van der Waals surface area contributed by atoms with Crippen LogP contribution in [0.2, 0.25) is 0 Å². The van der Waals surface area contributed by atoms with Crippen LogP contribution in [0.3, 0.4) is 0 Å². The van der Waals surface area contributed by atoms with Crippen LogP contribution in [0.25, 0.3) is 0 Å². The van der Waals surface area contributed by atoms with E-state index in [1.54, 1.807) is 26.0 Å². The molecule has 0 heterocycles. The number of benzene rings is 2. The van der Waals surface area contributed by atoms with Crippen LogP contribution in [0.1, 0.15) is 43.4 Å². The number of halogens is 1. The van der Waals surface area contributed by atoms with Crippen LogP contribution >= 0.6 is 0 Å². The zero-order valence-electron chi connectivity index (χ0n) is 20.5. The lowest BCUT2D eigenvalue weighted by Crippen LogP contribution is -2.51. The second kappa shape index (κ2) is 12.0. The van der Waals surface area contributed by atoms with Crippen molar-refractivity contribution in [1.82, 2.24) is 10.2 Å². The molecule has 0 saturated carbocycles. The molecule has 9 heteroatoms. The van der Waals surface area contributed by atoms with Gasteiger partial charge in [-0.15, -0.1) is 0 Å². The quantitative estimate of drug-likeness (QED) is 0.487. The molecule has 2 aromatic carbocycles. The number of carbonyl (C=O) groups excluding carboxylic acids is 2. The summed E-state index contributed by atoms with van der Waals surface area (Å²) in [6, 6.07) is 10.0. The topological polar surface area (TPSA) is 86.8 Å². The van der Waals surface area contributed by atoms with Crippen molar-refractivity contribution >= 4 is 27.5 Å². The molecule has 0 aromatic heterocycles. The number of nitrogens with zero attached hydrogens (tertiary/aromatic N) is 2. The Balaban J connectivity index is 2.38. The van der Waals surface area contributed by atoms with E-state index in [2.05, 4.69) is 5.32 Å². The third-order valence-electron chi connectivity index (χ3n) is 5.79. The van der Waals surface area contributed by atoms with Gasteiger partial charge in [-0.25, -0.2) is 12.8 Å². The van der Waals surface area contributed by atoms with Gasteiger partial charge in [0.05, 0.1) is 11.9 Å². The fourth-order valence-corrected chi connectivity index (χ4v) is 4.41. The second-order valence-corrected chi connectivity index (χ2v) is 10.4. The maximum absolute atomic E-state index is 13.5. The van der Waals surface area contributed by atoms with E-state index in [-0.39, 0.29) is 12.5 Å². The molecule has 2 rings (SSSR count). The van der Waals surface area contributed by atoms with Crippen molar-refractivity contribution in [3.63, 3.8) is 0 Å². The lowest BCUT2D eigenvalue weighted by molar-refractivity contribution is -0.139. The molecular formula is C25H34FN3O4S. The van der Waals surface area contributed by atoms with E-state index in [0.717, 1.165) is 34.5 Å². The minimum atomic E-state index is -3.79. The van der Waals surface area contributed by atoms with Crippen LogP contribution < -0.4 is 9.62 Å². The first-order valence-corrected chi connectivity index (χ1v) is 13.2. The summed E-state index contributed by atoms with van der Waals surface area (Å²) in [7, 11) is -3.79. The number of anilines is 1. The molecule has 0 spiro atoms. The second-order valence-electron chi connectivity index (χ2n) is 8.46. The van der Waals surface area contributed by atoms with Gasteiger partial charge in [0.15, 0.2) is 0 Å². The van der Waals surface area contributed by atoms with Crippen LogP contribution in [0.4, 0.5) is 10.1 Å². The first-order valence-electron chi connectivity index (χ1n) is 11.3. The molecule has 0 saturated heterocycles. The number of hydrogen-bond acceptors (Lipinski definition) is 4. The van der Waals surface area contributed by atoms with Crippen molar-refractivity contribution in [1.29, 1.82) is 0 Å². The fourth-order valence-electron chi connectivity index (χ4n) is 3.51. The number of nitrogens with one attached hydrogen (secondary N) is 1. The van der Waals surface area contributed by atoms with Crippen molar-refractivity contribution in [3.8, 4) is 0 Å². The van der Waals surface area contributed by atoms with Gasteiger partial charge in [0, 0.05) is 13.1 Å². The van der Waals surface area contributed by atoms with Crippen molar-refractivity contribution in [3.05, 3.63) is 65.0 Å². The SMILES string of the molecule is CCCCNC(=O)[C@@H](C)N(Cc1ccc(F)cc1)C(=O)CN(c1cccc(C)c1C)S(C)(=O)=O. The van der Waals surface area contributed by atoms with Crippen molar-refractivity contribution < 1.29 is 22.4 Å². The Bertz CT molecular complexity index is 1100. The molecule has 0 radical (unpaired) electrons. The predicted molar refractivity (Wildman–Crippen MR) is 132 cm³/mol. The van der Waals surface area contributed by atoms with E-state index >= 15 is 0 Å². The summed E-state index contributed by atoms with van der Waals surface area (Å²) in [5.74, 6) is -1.28. The predicted octanol–water partition coefficient (Wildman–Crippen LogP) is 3.54. The zero-order chi connectivity index (χ0) is 25.5. The van der Waals surface area contributed by atoms with Crippen LogP contribution in [-0.4, -0.2) is 50.5 Å². The normalized spacial score (nSPS) is 12.2. The van der Waals surface area contributed by atoms with Crippen LogP contribution in [0.15, 0.2) is 42.5 Å². The molecule has 0 fully saturated rings. The summed E-state index contributed by atoms with van der Waals surface area (Å²) in [5.41, 5.74) is 2.68. The molecule has 0 unspecified atom stereocenters. The van der Waals surface area contributed by atoms with Crippen molar-refractivity contribution in [2.45, 2.75) is 53.1 Å². The van der Waals surface area contributed by atoms with E-state index in [1.807, 2.05) is 19.9 Å². The van der Waals surface area contributed by atoms with Gasteiger partial charge in [0.25, 0.3) is 0 Å². The Morgan fingerprint density at radius 1 is 1.09 bits per heavy atom. The van der Waals surface area contributed by atoms with Crippen molar-refractivity contribution in [2.24, 2.45) is 0 Å². The van der Waals surface area contributed by atoms with Crippen LogP contribution in [-0.2, 0) is 26.2 Å². The number of amides is 2. The lowest BCUT2D eigenvalue weighted by atomic mass is 10.1. The van der Waals surface area contributed by atoms with Gasteiger partial charge < -0.3 is 10.2 Å². The number of rotatable bonds is 11. The average molecular weight is 492 g/mol. The molecule has 186 valence electrons.